The highest BCUT2D eigenvalue weighted by atomic mass is 35.5. The number of halogens is 1. The number of nitrogens with one attached hydrogen (secondary N) is 1. The number of para-hydroxylation sites is 1. The molecular formula is C32H27ClN4OS. The van der Waals surface area contributed by atoms with Crippen LogP contribution < -0.4 is 15.0 Å². The van der Waals surface area contributed by atoms with E-state index in [-0.39, 0.29) is 12.1 Å². The summed E-state index contributed by atoms with van der Waals surface area (Å²) in [6.45, 7) is 4.06. The van der Waals surface area contributed by atoms with Gasteiger partial charge in [-0.2, -0.15) is 0 Å². The Morgan fingerprint density at radius 2 is 1.62 bits per heavy atom. The molecule has 0 radical (unpaired) electrons. The van der Waals surface area contributed by atoms with E-state index < -0.39 is 0 Å². The average Bonchev–Trinajstić information content (AvgIpc) is 3.57. The van der Waals surface area contributed by atoms with Gasteiger partial charge in [0.05, 0.1) is 11.7 Å². The van der Waals surface area contributed by atoms with E-state index in [0.29, 0.717) is 5.11 Å². The van der Waals surface area contributed by atoms with Crippen molar-refractivity contribution in [2.24, 2.45) is 0 Å². The molecule has 5 nitrogen and oxygen atoms in total. The fourth-order valence-corrected chi connectivity index (χ4v) is 5.52. The summed E-state index contributed by atoms with van der Waals surface area (Å²) in [6.07, 6.45) is 3.89. The number of nitrogens with zero attached hydrogens (tertiary/aromatic N) is 3. The molecule has 2 aromatic heterocycles. The van der Waals surface area contributed by atoms with Crippen LogP contribution in [0.15, 0.2) is 109 Å². The summed E-state index contributed by atoms with van der Waals surface area (Å²) in [7, 11) is 0. The molecule has 1 fully saturated rings. The molecular weight excluding hydrogens is 524 g/mol. The molecule has 7 heteroatoms. The van der Waals surface area contributed by atoms with Crippen molar-refractivity contribution < 1.29 is 4.74 Å². The van der Waals surface area contributed by atoms with Gasteiger partial charge in [0.2, 0.25) is 0 Å². The van der Waals surface area contributed by atoms with E-state index in [9.17, 15) is 0 Å². The first kappa shape index (κ1) is 25.2. The van der Waals surface area contributed by atoms with Gasteiger partial charge in [-0.15, -0.1) is 0 Å². The molecule has 1 aliphatic heterocycles. The van der Waals surface area contributed by atoms with E-state index in [0.717, 1.165) is 50.4 Å². The molecule has 1 N–H and O–H groups in total. The molecule has 5 aromatic rings. The molecule has 2 atom stereocenters. The fraction of sp³-hybridized carbons (Fsp3) is 0.125. The van der Waals surface area contributed by atoms with E-state index in [1.54, 1.807) is 0 Å². The van der Waals surface area contributed by atoms with Crippen molar-refractivity contribution >= 4 is 34.6 Å². The zero-order valence-electron chi connectivity index (χ0n) is 21.6. The first-order chi connectivity index (χ1) is 19.0. The Hall–Kier alpha value is -4.13. The van der Waals surface area contributed by atoms with Gasteiger partial charge in [0, 0.05) is 34.5 Å². The molecule has 3 aromatic carbocycles. The second-order valence-corrected chi connectivity index (χ2v) is 10.4. The Balaban J connectivity index is 1.40. The Bertz CT molecular complexity index is 1630. The smallest absolute Gasteiger partial charge is 0.174 e. The van der Waals surface area contributed by atoms with Crippen LogP contribution in [0.2, 0.25) is 5.02 Å². The minimum atomic E-state index is -0.151. The maximum Gasteiger partial charge on any atom is 0.174 e. The summed E-state index contributed by atoms with van der Waals surface area (Å²) < 4.78 is 8.35. The predicted molar refractivity (Wildman–Crippen MR) is 161 cm³/mol. The number of aromatic nitrogens is 2. The SMILES string of the molecule is Cc1cc(-n2cccc2[C@@H]2[C@H](c3ccccn3)NC(=S)N2c2ccc(Oc3ccccc3C)cc2)ccc1Cl. The highest BCUT2D eigenvalue weighted by Crippen LogP contribution is 2.43. The number of hydrogen-bond acceptors (Lipinski definition) is 3. The molecule has 0 amide bonds. The molecule has 1 saturated heterocycles. The van der Waals surface area contributed by atoms with Crippen molar-refractivity contribution in [1.82, 2.24) is 14.9 Å². The van der Waals surface area contributed by atoms with Gasteiger partial charge >= 0.3 is 0 Å². The molecule has 39 heavy (non-hydrogen) atoms. The Morgan fingerprint density at radius 1 is 0.846 bits per heavy atom. The highest BCUT2D eigenvalue weighted by Gasteiger charge is 2.42. The normalized spacial score (nSPS) is 16.8. The lowest BCUT2D eigenvalue weighted by atomic mass is 10.0. The third-order valence-corrected chi connectivity index (χ3v) is 7.78. The minimum Gasteiger partial charge on any atom is -0.457 e. The third kappa shape index (κ3) is 4.89. The van der Waals surface area contributed by atoms with Crippen LogP contribution in [0.25, 0.3) is 5.69 Å². The van der Waals surface area contributed by atoms with Crippen LogP contribution >= 0.6 is 23.8 Å². The van der Waals surface area contributed by atoms with Crippen molar-refractivity contribution in [3.8, 4) is 17.2 Å². The summed E-state index contributed by atoms with van der Waals surface area (Å²) in [5.74, 6) is 1.61. The van der Waals surface area contributed by atoms with Crippen molar-refractivity contribution in [2.75, 3.05) is 4.90 Å². The monoisotopic (exact) mass is 550 g/mol. The van der Waals surface area contributed by atoms with Gasteiger partial charge in [-0.05, 0) is 110 Å². The molecule has 0 saturated carbocycles. The largest absolute Gasteiger partial charge is 0.457 e. The number of anilines is 1. The second kappa shape index (κ2) is 10.6. The zero-order valence-corrected chi connectivity index (χ0v) is 23.2. The van der Waals surface area contributed by atoms with Crippen LogP contribution in [0.5, 0.6) is 11.5 Å². The van der Waals surface area contributed by atoms with Gasteiger partial charge in [0.15, 0.2) is 5.11 Å². The van der Waals surface area contributed by atoms with Gasteiger partial charge in [0.25, 0.3) is 0 Å². The molecule has 0 unspecified atom stereocenters. The van der Waals surface area contributed by atoms with E-state index in [1.807, 2.05) is 86.8 Å². The van der Waals surface area contributed by atoms with E-state index in [1.165, 1.54) is 0 Å². The maximum absolute atomic E-state index is 6.34. The summed E-state index contributed by atoms with van der Waals surface area (Å²) >= 11 is 12.3. The lowest BCUT2D eigenvalue weighted by Crippen LogP contribution is -2.30. The van der Waals surface area contributed by atoms with Gasteiger partial charge in [-0.3, -0.25) is 4.98 Å². The van der Waals surface area contributed by atoms with Gasteiger partial charge in [-0.25, -0.2) is 0 Å². The summed E-state index contributed by atoms with van der Waals surface area (Å²) in [5, 5.41) is 4.94. The van der Waals surface area contributed by atoms with Crippen LogP contribution in [0.1, 0.15) is 34.6 Å². The number of hydrogen-bond donors (Lipinski definition) is 1. The quantitative estimate of drug-likeness (QED) is 0.216. The first-order valence-corrected chi connectivity index (χ1v) is 13.6. The van der Waals surface area contributed by atoms with Crippen LogP contribution in [-0.4, -0.2) is 14.7 Å². The molecule has 0 spiro atoms. The van der Waals surface area contributed by atoms with Crippen LogP contribution in [-0.2, 0) is 0 Å². The number of pyridine rings is 1. The van der Waals surface area contributed by atoms with Gasteiger partial charge in [-0.1, -0.05) is 35.9 Å². The molecule has 1 aliphatic rings. The average molecular weight is 551 g/mol. The van der Waals surface area contributed by atoms with Crippen molar-refractivity contribution in [3.63, 3.8) is 0 Å². The topological polar surface area (TPSA) is 42.3 Å². The Labute approximate surface area is 238 Å². The third-order valence-electron chi connectivity index (χ3n) is 7.04. The zero-order chi connectivity index (χ0) is 26.9. The molecule has 194 valence electrons. The molecule has 0 aliphatic carbocycles. The summed E-state index contributed by atoms with van der Waals surface area (Å²) in [4.78, 5) is 6.85. The Kier molecular flexibility index (Phi) is 6.81. The molecule has 0 bridgehead atoms. The van der Waals surface area contributed by atoms with Crippen molar-refractivity contribution in [3.05, 3.63) is 137 Å². The van der Waals surface area contributed by atoms with Gasteiger partial charge in [0.1, 0.15) is 17.5 Å². The minimum absolute atomic E-state index is 0.149. The number of thiocarbonyl (C=S) groups is 1. The molecule has 3 heterocycles. The van der Waals surface area contributed by atoms with Crippen molar-refractivity contribution in [2.45, 2.75) is 25.9 Å². The molecule has 6 rings (SSSR count). The lowest BCUT2D eigenvalue weighted by molar-refractivity contribution is 0.479. The Morgan fingerprint density at radius 3 is 2.36 bits per heavy atom. The van der Waals surface area contributed by atoms with E-state index in [2.05, 4.69) is 56.3 Å². The van der Waals surface area contributed by atoms with Gasteiger partial charge < -0.3 is 19.5 Å². The number of aryl methyl sites for hydroxylation is 2. The number of ether oxygens (including phenoxy) is 1. The lowest BCUT2D eigenvalue weighted by Gasteiger charge is -2.29. The highest BCUT2D eigenvalue weighted by molar-refractivity contribution is 7.80. The van der Waals surface area contributed by atoms with E-state index >= 15 is 0 Å². The first-order valence-electron chi connectivity index (χ1n) is 12.8. The van der Waals surface area contributed by atoms with E-state index in [4.69, 9.17) is 28.6 Å². The van der Waals surface area contributed by atoms with Crippen molar-refractivity contribution in [1.29, 1.82) is 0 Å². The van der Waals surface area contributed by atoms with Crippen LogP contribution in [0.3, 0.4) is 0 Å². The fourth-order valence-electron chi connectivity index (χ4n) is 5.06. The number of rotatable bonds is 6. The van der Waals surface area contributed by atoms with Crippen LogP contribution in [0, 0.1) is 13.8 Å². The van der Waals surface area contributed by atoms with Crippen LogP contribution in [0.4, 0.5) is 5.69 Å². The summed E-state index contributed by atoms with van der Waals surface area (Å²) in [6, 6.07) is 32.0. The standard InChI is InChI=1S/C32H27ClN4OS/c1-21-8-3-4-11-29(21)38-25-15-12-23(13-16-25)37-31(30(35-32(37)39)27-9-5-6-18-34-27)28-10-7-19-36(28)24-14-17-26(33)22(2)20-24/h3-20,30-31H,1-2H3,(H,35,39)/t30-,31+/m0/s1. The maximum atomic E-state index is 6.34. The second-order valence-electron chi connectivity index (χ2n) is 9.59. The predicted octanol–water partition coefficient (Wildman–Crippen LogP) is 8.11. The summed E-state index contributed by atoms with van der Waals surface area (Å²) in [5.41, 5.74) is 6.12. The number of benzene rings is 3.